The van der Waals surface area contributed by atoms with Crippen LogP contribution < -0.4 is 11.3 Å². The van der Waals surface area contributed by atoms with Crippen LogP contribution in [0.1, 0.15) is 36.9 Å². The van der Waals surface area contributed by atoms with Gasteiger partial charge in [-0.3, -0.25) is 14.5 Å². The molecule has 9 nitrogen and oxygen atoms in total. The Balaban J connectivity index is 1.29. The van der Waals surface area contributed by atoms with Crippen LogP contribution in [-0.4, -0.2) is 64.7 Å². The highest BCUT2D eigenvalue weighted by molar-refractivity contribution is 6.00. The van der Waals surface area contributed by atoms with Crippen molar-refractivity contribution in [2.24, 2.45) is 17.0 Å². The lowest BCUT2D eigenvalue weighted by Crippen LogP contribution is -2.46. The summed E-state index contributed by atoms with van der Waals surface area (Å²) in [6, 6.07) is 8.93. The number of likely N-dealkylation sites (tertiary alicyclic amines) is 2. The first kappa shape index (κ1) is 23.0. The molecular weight excluding hydrogens is 420 g/mol. The van der Waals surface area contributed by atoms with Crippen LogP contribution >= 0.6 is 0 Å². The normalized spacial score (nSPS) is 18.9. The maximum Gasteiger partial charge on any atom is 0.248 e. The second-order valence-corrected chi connectivity index (χ2v) is 8.83. The molecule has 33 heavy (non-hydrogen) atoms. The average molecular weight is 453 g/mol. The molecule has 1 amide bonds. The Morgan fingerprint density at radius 3 is 2.55 bits per heavy atom. The zero-order valence-electron chi connectivity index (χ0n) is 19.1. The maximum atomic E-state index is 13.2. The molecule has 0 atom stereocenters. The maximum absolute atomic E-state index is 13.2. The number of aromatic nitrogens is 2. The lowest BCUT2D eigenvalue weighted by Gasteiger charge is -2.37. The third kappa shape index (κ3) is 5.78. The summed E-state index contributed by atoms with van der Waals surface area (Å²) in [4.78, 5) is 41.2. The number of oxime groups is 1. The van der Waals surface area contributed by atoms with Gasteiger partial charge in [0.05, 0.1) is 5.69 Å². The summed E-state index contributed by atoms with van der Waals surface area (Å²) < 4.78 is 0. The van der Waals surface area contributed by atoms with E-state index in [0.717, 1.165) is 56.6 Å². The second kappa shape index (κ2) is 10.6. The van der Waals surface area contributed by atoms with Gasteiger partial charge >= 0.3 is 0 Å². The summed E-state index contributed by atoms with van der Waals surface area (Å²) in [7, 11) is 1.51. The molecular formula is C24H32N6O3. The Hall–Kier alpha value is -3.20. The van der Waals surface area contributed by atoms with E-state index in [-0.39, 0.29) is 23.3 Å². The number of nitrogen functional groups attached to an aromatic ring is 1. The number of piperidine rings is 2. The van der Waals surface area contributed by atoms with E-state index in [1.807, 2.05) is 23.1 Å². The van der Waals surface area contributed by atoms with Crippen molar-refractivity contribution in [2.45, 2.75) is 32.2 Å². The number of nitrogens with one attached hydrogen (secondary N) is 1. The number of hydrogen-bond donors (Lipinski definition) is 2. The molecule has 0 aromatic carbocycles. The van der Waals surface area contributed by atoms with Gasteiger partial charge in [0.1, 0.15) is 18.6 Å². The molecule has 2 fully saturated rings. The van der Waals surface area contributed by atoms with Crippen molar-refractivity contribution in [2.75, 3.05) is 39.0 Å². The molecule has 0 bridgehead atoms. The van der Waals surface area contributed by atoms with E-state index in [4.69, 9.17) is 10.6 Å². The van der Waals surface area contributed by atoms with Crippen molar-refractivity contribution in [3.05, 3.63) is 58.1 Å². The largest absolute Gasteiger partial charge is 0.399 e. The van der Waals surface area contributed by atoms with Gasteiger partial charge in [0.25, 0.3) is 0 Å². The highest BCUT2D eigenvalue weighted by atomic mass is 16.6. The van der Waals surface area contributed by atoms with E-state index < -0.39 is 0 Å². The number of H-pyrrole nitrogens is 1. The smallest absolute Gasteiger partial charge is 0.248 e. The molecule has 4 heterocycles. The molecule has 2 aromatic rings. The molecule has 2 aliphatic rings. The van der Waals surface area contributed by atoms with Gasteiger partial charge < -0.3 is 20.5 Å². The standard InChI is InChI=1S/C24H32N6O3/c1-33-28-23(20-3-2-4-22(31)27-20)18-8-13-30(14-9-18)24(32)19-6-11-29(12-7-19)16-17-5-10-26-21(25)15-17/h2-5,10,15,18-19H,6-9,11-14,16H2,1H3,(H2,25,26)(H,27,31)/b28-23+. The van der Waals surface area contributed by atoms with E-state index >= 15 is 0 Å². The SMILES string of the molecule is CO/N=C(/c1cccc(=O)[nH]1)C1CCN(C(=O)C2CCN(Cc3ccnc(N)c3)CC2)CC1. The van der Waals surface area contributed by atoms with E-state index in [1.165, 1.54) is 13.2 Å². The van der Waals surface area contributed by atoms with Gasteiger partial charge in [0.2, 0.25) is 11.5 Å². The molecule has 0 saturated carbocycles. The Morgan fingerprint density at radius 1 is 1.15 bits per heavy atom. The van der Waals surface area contributed by atoms with Crippen LogP contribution in [-0.2, 0) is 16.2 Å². The molecule has 9 heteroatoms. The number of aromatic amines is 1. The molecule has 0 radical (unpaired) electrons. The number of anilines is 1. The number of nitrogens with two attached hydrogens (primary N) is 1. The minimum absolute atomic E-state index is 0.0814. The van der Waals surface area contributed by atoms with Crippen LogP contribution in [0.25, 0.3) is 0 Å². The summed E-state index contributed by atoms with van der Waals surface area (Å²) in [5.41, 5.74) is 8.20. The first-order valence-corrected chi connectivity index (χ1v) is 11.6. The molecule has 0 unspecified atom stereocenters. The number of hydrogen-bond acceptors (Lipinski definition) is 7. The van der Waals surface area contributed by atoms with Crippen molar-refractivity contribution in [3.63, 3.8) is 0 Å². The first-order valence-electron chi connectivity index (χ1n) is 11.6. The number of rotatable bonds is 6. The predicted molar refractivity (Wildman–Crippen MR) is 127 cm³/mol. The van der Waals surface area contributed by atoms with Crippen molar-refractivity contribution in [1.82, 2.24) is 19.8 Å². The van der Waals surface area contributed by atoms with Crippen LogP contribution in [0.4, 0.5) is 5.82 Å². The fourth-order valence-corrected chi connectivity index (χ4v) is 4.86. The summed E-state index contributed by atoms with van der Waals surface area (Å²) in [6.45, 7) is 4.03. The third-order valence-electron chi connectivity index (χ3n) is 6.62. The Bertz CT molecular complexity index is 1040. The Labute approximate surface area is 193 Å². The van der Waals surface area contributed by atoms with Crippen molar-refractivity contribution in [3.8, 4) is 0 Å². The Morgan fingerprint density at radius 2 is 1.88 bits per heavy atom. The quantitative estimate of drug-likeness (QED) is 0.510. The summed E-state index contributed by atoms with van der Waals surface area (Å²) in [5, 5.41) is 4.19. The number of pyridine rings is 2. The molecule has 0 spiro atoms. The molecule has 2 aliphatic heterocycles. The summed E-state index contributed by atoms with van der Waals surface area (Å²) in [5.74, 6) is 1.03. The first-order chi connectivity index (χ1) is 16.0. The van der Waals surface area contributed by atoms with E-state index in [0.29, 0.717) is 24.6 Å². The molecule has 0 aliphatic carbocycles. The Kier molecular flexibility index (Phi) is 7.39. The minimum atomic E-state index is -0.164. The van der Waals surface area contributed by atoms with Crippen LogP contribution in [0.3, 0.4) is 0 Å². The zero-order chi connectivity index (χ0) is 23.2. The molecule has 2 saturated heterocycles. The van der Waals surface area contributed by atoms with E-state index in [9.17, 15) is 9.59 Å². The molecule has 3 N–H and O–H groups in total. The highest BCUT2D eigenvalue weighted by Gasteiger charge is 2.32. The fourth-order valence-electron chi connectivity index (χ4n) is 4.86. The lowest BCUT2D eigenvalue weighted by molar-refractivity contribution is -0.138. The molecule has 2 aromatic heterocycles. The number of carbonyl (C=O) groups excluding carboxylic acids is 1. The van der Waals surface area contributed by atoms with Gasteiger partial charge in [0, 0.05) is 43.7 Å². The zero-order valence-corrected chi connectivity index (χ0v) is 19.1. The van der Waals surface area contributed by atoms with E-state index in [2.05, 4.69) is 20.0 Å². The third-order valence-corrected chi connectivity index (χ3v) is 6.62. The number of amides is 1. The van der Waals surface area contributed by atoms with Gasteiger partial charge in [-0.2, -0.15) is 0 Å². The van der Waals surface area contributed by atoms with Crippen LogP contribution in [0.2, 0.25) is 0 Å². The number of nitrogens with zero attached hydrogens (tertiary/aromatic N) is 4. The van der Waals surface area contributed by atoms with Crippen molar-refractivity contribution in [1.29, 1.82) is 0 Å². The van der Waals surface area contributed by atoms with Crippen LogP contribution in [0, 0.1) is 11.8 Å². The monoisotopic (exact) mass is 452 g/mol. The summed E-state index contributed by atoms with van der Waals surface area (Å²) in [6.07, 6.45) is 5.09. The van der Waals surface area contributed by atoms with Crippen LogP contribution in [0.5, 0.6) is 0 Å². The fraction of sp³-hybridized carbons (Fsp3) is 0.500. The topological polar surface area (TPSA) is 117 Å². The lowest BCUT2D eigenvalue weighted by atomic mass is 9.88. The average Bonchev–Trinajstić information content (AvgIpc) is 2.83. The van der Waals surface area contributed by atoms with Gasteiger partial charge in [-0.25, -0.2) is 4.98 Å². The molecule has 4 rings (SSSR count). The van der Waals surface area contributed by atoms with Gasteiger partial charge in [0.15, 0.2) is 0 Å². The van der Waals surface area contributed by atoms with E-state index in [1.54, 1.807) is 12.3 Å². The summed E-state index contributed by atoms with van der Waals surface area (Å²) >= 11 is 0. The molecule has 176 valence electrons. The van der Waals surface area contributed by atoms with Crippen LogP contribution in [0.15, 0.2) is 46.5 Å². The van der Waals surface area contributed by atoms with Gasteiger partial charge in [-0.05, 0) is 62.5 Å². The van der Waals surface area contributed by atoms with Crippen molar-refractivity contribution < 1.29 is 9.63 Å². The second-order valence-electron chi connectivity index (χ2n) is 8.83. The predicted octanol–water partition coefficient (Wildman–Crippen LogP) is 1.85. The highest BCUT2D eigenvalue weighted by Crippen LogP contribution is 2.26. The van der Waals surface area contributed by atoms with Crippen molar-refractivity contribution >= 4 is 17.4 Å². The number of carbonyl (C=O) groups is 1. The minimum Gasteiger partial charge on any atom is -0.399 e. The van der Waals surface area contributed by atoms with Gasteiger partial charge in [-0.15, -0.1) is 0 Å². The van der Waals surface area contributed by atoms with Gasteiger partial charge in [-0.1, -0.05) is 11.2 Å².